The van der Waals surface area contributed by atoms with Crippen molar-refractivity contribution in [3.05, 3.63) is 52.4 Å². The lowest BCUT2D eigenvalue weighted by molar-refractivity contribution is -0.139. The van der Waals surface area contributed by atoms with E-state index >= 15 is 0 Å². The molecule has 0 saturated carbocycles. The van der Waals surface area contributed by atoms with E-state index < -0.39 is 5.92 Å². The van der Waals surface area contributed by atoms with E-state index in [2.05, 4.69) is 19.2 Å². The number of benzene rings is 1. The van der Waals surface area contributed by atoms with Gasteiger partial charge in [0.05, 0.1) is 24.7 Å². The van der Waals surface area contributed by atoms with Gasteiger partial charge in [-0.2, -0.15) is 0 Å². The van der Waals surface area contributed by atoms with Gasteiger partial charge in [0.15, 0.2) is 5.78 Å². The predicted octanol–water partition coefficient (Wildman–Crippen LogP) is 5.18. The molecule has 1 aromatic carbocycles. The quantitative estimate of drug-likeness (QED) is 0.448. The van der Waals surface area contributed by atoms with Gasteiger partial charge in [-0.1, -0.05) is 44.9 Å². The van der Waals surface area contributed by atoms with Crippen molar-refractivity contribution >= 4 is 11.8 Å². The zero-order chi connectivity index (χ0) is 21.5. The van der Waals surface area contributed by atoms with Crippen molar-refractivity contribution in [2.24, 2.45) is 0 Å². The highest BCUT2D eigenvalue weighted by molar-refractivity contribution is 6.04. The Kier molecular flexibility index (Phi) is 7.72. The minimum absolute atomic E-state index is 0.100. The van der Waals surface area contributed by atoms with E-state index in [0.717, 1.165) is 61.2 Å². The molecule has 0 fully saturated rings. The molecule has 0 spiro atoms. The molecule has 1 atom stereocenters. The average molecular weight is 412 g/mol. The van der Waals surface area contributed by atoms with Gasteiger partial charge < -0.3 is 14.8 Å². The number of allylic oxidation sites excluding steroid dienone is 3. The number of dihydropyridines is 1. The van der Waals surface area contributed by atoms with Gasteiger partial charge in [-0.3, -0.25) is 4.79 Å². The van der Waals surface area contributed by atoms with E-state index in [1.807, 2.05) is 31.2 Å². The van der Waals surface area contributed by atoms with Gasteiger partial charge in [-0.15, -0.1) is 0 Å². The molecule has 0 aromatic heterocycles. The molecule has 1 heterocycles. The molecule has 1 aromatic rings. The fourth-order valence-electron chi connectivity index (χ4n) is 4.13. The highest BCUT2D eigenvalue weighted by Gasteiger charge is 2.40. The number of unbranched alkanes of at least 4 members (excludes halogenated alkanes) is 2. The fourth-order valence-corrected chi connectivity index (χ4v) is 4.13. The van der Waals surface area contributed by atoms with Gasteiger partial charge in [0.2, 0.25) is 0 Å². The van der Waals surface area contributed by atoms with E-state index in [1.54, 1.807) is 0 Å². The number of para-hydroxylation sites is 1. The van der Waals surface area contributed by atoms with Crippen molar-refractivity contribution in [2.75, 3.05) is 13.2 Å². The first-order valence-electron chi connectivity index (χ1n) is 11.2. The maximum Gasteiger partial charge on any atom is 0.336 e. The number of carbonyl (C=O) groups is 2. The van der Waals surface area contributed by atoms with E-state index in [9.17, 15) is 9.59 Å². The molecule has 1 aliphatic carbocycles. The van der Waals surface area contributed by atoms with Crippen LogP contribution in [0.5, 0.6) is 5.75 Å². The zero-order valence-electron chi connectivity index (χ0n) is 18.4. The summed E-state index contributed by atoms with van der Waals surface area (Å²) in [6, 6.07) is 7.76. The van der Waals surface area contributed by atoms with E-state index in [1.165, 1.54) is 0 Å². The summed E-state index contributed by atoms with van der Waals surface area (Å²) in [5.41, 5.74) is 3.77. The van der Waals surface area contributed by atoms with Crippen LogP contribution < -0.4 is 10.1 Å². The molecule has 1 N–H and O–H groups in total. The van der Waals surface area contributed by atoms with Crippen molar-refractivity contribution in [1.82, 2.24) is 5.32 Å². The molecule has 0 radical (unpaired) electrons. The van der Waals surface area contributed by atoms with Gasteiger partial charge >= 0.3 is 5.97 Å². The highest BCUT2D eigenvalue weighted by atomic mass is 16.5. The van der Waals surface area contributed by atoms with Gasteiger partial charge in [0, 0.05) is 29.0 Å². The van der Waals surface area contributed by atoms with Gasteiger partial charge in [-0.25, -0.2) is 4.79 Å². The largest absolute Gasteiger partial charge is 0.493 e. The number of Topliss-reactive ketones (excluding diaryl/α,β-unsaturated/α-hetero) is 1. The highest BCUT2D eigenvalue weighted by Crippen LogP contribution is 2.45. The second-order valence-corrected chi connectivity index (χ2v) is 7.99. The molecular formula is C25H33NO4. The van der Waals surface area contributed by atoms with Crippen LogP contribution >= 0.6 is 0 Å². The Morgan fingerprint density at radius 1 is 1.10 bits per heavy atom. The number of rotatable bonds is 9. The Morgan fingerprint density at radius 3 is 2.60 bits per heavy atom. The average Bonchev–Trinajstić information content (AvgIpc) is 2.73. The Hall–Kier alpha value is -2.56. The number of hydrogen-bond donors (Lipinski definition) is 1. The summed E-state index contributed by atoms with van der Waals surface area (Å²) >= 11 is 0. The van der Waals surface area contributed by atoms with Crippen LogP contribution in [0.15, 0.2) is 46.8 Å². The Balaban J connectivity index is 2.05. The maximum atomic E-state index is 13.1. The first-order chi connectivity index (χ1) is 14.6. The van der Waals surface area contributed by atoms with Crippen molar-refractivity contribution in [3.63, 3.8) is 0 Å². The molecule has 2 aliphatic rings. The summed E-state index contributed by atoms with van der Waals surface area (Å²) in [7, 11) is 0. The van der Waals surface area contributed by atoms with E-state index in [4.69, 9.17) is 9.47 Å². The monoisotopic (exact) mass is 411 g/mol. The van der Waals surface area contributed by atoms with Crippen molar-refractivity contribution in [2.45, 2.75) is 71.6 Å². The summed E-state index contributed by atoms with van der Waals surface area (Å²) in [6.07, 6.45) is 5.91. The molecular weight excluding hydrogens is 378 g/mol. The second kappa shape index (κ2) is 10.5. The van der Waals surface area contributed by atoms with Crippen molar-refractivity contribution in [3.8, 4) is 5.75 Å². The van der Waals surface area contributed by atoms with Crippen molar-refractivity contribution < 1.29 is 19.1 Å². The smallest absolute Gasteiger partial charge is 0.336 e. The molecule has 1 aliphatic heterocycles. The van der Waals surface area contributed by atoms with E-state index in [-0.39, 0.29) is 11.8 Å². The lowest BCUT2D eigenvalue weighted by atomic mass is 9.75. The number of carbonyl (C=O) groups excluding carboxylic acids is 2. The second-order valence-electron chi connectivity index (χ2n) is 7.99. The number of ether oxygens (including phenoxy) is 2. The number of hydrogen-bond acceptors (Lipinski definition) is 5. The molecule has 30 heavy (non-hydrogen) atoms. The van der Waals surface area contributed by atoms with Crippen LogP contribution in [0.4, 0.5) is 0 Å². The third-order valence-electron chi connectivity index (χ3n) is 5.71. The van der Waals surface area contributed by atoms with Crippen LogP contribution in [-0.2, 0) is 14.3 Å². The zero-order valence-corrected chi connectivity index (χ0v) is 18.4. The van der Waals surface area contributed by atoms with Crippen LogP contribution in [0.1, 0.15) is 77.2 Å². The first kappa shape index (κ1) is 22.1. The topological polar surface area (TPSA) is 64.6 Å². The molecule has 5 heteroatoms. The Bertz CT molecular complexity index is 852. The van der Waals surface area contributed by atoms with E-state index in [0.29, 0.717) is 30.8 Å². The SMILES string of the molecule is CCCCOC(=O)C1=C(C)NC2=C(C(=O)CCC2)[C@H]1c1ccccc1OCCCC. The van der Waals surface area contributed by atoms with Gasteiger partial charge in [0.1, 0.15) is 5.75 Å². The summed E-state index contributed by atoms with van der Waals surface area (Å²) in [5, 5.41) is 3.34. The Morgan fingerprint density at radius 2 is 1.83 bits per heavy atom. The first-order valence-corrected chi connectivity index (χ1v) is 11.2. The number of nitrogens with one attached hydrogen (secondary N) is 1. The normalized spacial score (nSPS) is 18.8. The summed E-state index contributed by atoms with van der Waals surface area (Å²) in [6.45, 7) is 7.07. The Labute approximate surface area is 179 Å². The van der Waals surface area contributed by atoms with Gasteiger partial charge in [-0.05, 0) is 38.7 Å². The van der Waals surface area contributed by atoms with Crippen LogP contribution in [0.3, 0.4) is 0 Å². The molecule has 0 bridgehead atoms. The summed E-state index contributed by atoms with van der Waals surface area (Å²) in [5.74, 6) is 0.0194. The van der Waals surface area contributed by atoms with Gasteiger partial charge in [0.25, 0.3) is 0 Å². The summed E-state index contributed by atoms with van der Waals surface area (Å²) < 4.78 is 11.7. The minimum atomic E-state index is -0.457. The maximum absolute atomic E-state index is 13.1. The molecule has 0 unspecified atom stereocenters. The molecule has 0 amide bonds. The van der Waals surface area contributed by atoms with Crippen molar-refractivity contribution in [1.29, 1.82) is 0 Å². The van der Waals surface area contributed by atoms with Crippen LogP contribution in [0, 0.1) is 0 Å². The predicted molar refractivity (Wildman–Crippen MR) is 117 cm³/mol. The summed E-state index contributed by atoms with van der Waals surface area (Å²) in [4.78, 5) is 26.1. The van der Waals surface area contributed by atoms with Crippen LogP contribution in [0.25, 0.3) is 0 Å². The lowest BCUT2D eigenvalue weighted by Crippen LogP contribution is -2.34. The molecule has 0 saturated heterocycles. The number of esters is 1. The lowest BCUT2D eigenvalue weighted by Gasteiger charge is -2.34. The van der Waals surface area contributed by atoms with Crippen LogP contribution in [0.2, 0.25) is 0 Å². The number of ketones is 1. The minimum Gasteiger partial charge on any atom is -0.493 e. The molecule has 162 valence electrons. The molecule has 3 rings (SSSR count). The fraction of sp³-hybridized carbons (Fsp3) is 0.520. The standard InChI is InChI=1S/C25H33NO4/c1-4-6-15-29-21-14-9-8-11-18(21)23-22(25(28)30-16-7-5-2)17(3)26-19-12-10-13-20(27)24(19)23/h8-9,11,14,23,26H,4-7,10,12-13,15-16H2,1-3H3/t23-/m0/s1. The molecule has 5 nitrogen and oxygen atoms in total. The third kappa shape index (κ3) is 4.77. The van der Waals surface area contributed by atoms with Crippen LogP contribution in [-0.4, -0.2) is 25.0 Å². The third-order valence-corrected chi connectivity index (χ3v) is 5.71.